The van der Waals surface area contributed by atoms with Crippen molar-refractivity contribution >= 4 is 29.4 Å². The summed E-state index contributed by atoms with van der Waals surface area (Å²) in [7, 11) is 0. The van der Waals surface area contributed by atoms with Crippen LogP contribution in [0.2, 0.25) is 0 Å². The zero-order valence-electron chi connectivity index (χ0n) is 16.1. The third-order valence-electron chi connectivity index (χ3n) is 4.08. The van der Waals surface area contributed by atoms with Crippen LogP contribution in [-0.4, -0.2) is 36.1 Å². The monoisotopic (exact) mass is 399 g/mol. The maximum Gasteiger partial charge on any atom is 0.316 e. The van der Waals surface area contributed by atoms with Gasteiger partial charge < -0.3 is 10.1 Å². The van der Waals surface area contributed by atoms with Crippen molar-refractivity contribution < 1.29 is 19.1 Å². The molecule has 0 radical (unpaired) electrons. The van der Waals surface area contributed by atoms with Crippen molar-refractivity contribution in [3.8, 4) is 0 Å². The molecule has 28 heavy (non-hydrogen) atoms. The first-order valence-corrected chi connectivity index (χ1v) is 10.2. The minimum atomic E-state index is -0.635. The highest BCUT2D eigenvalue weighted by molar-refractivity contribution is 7.99. The number of ketones is 1. The Morgan fingerprint density at radius 2 is 1.68 bits per heavy atom. The third-order valence-corrected chi connectivity index (χ3v) is 5.06. The first-order valence-electron chi connectivity index (χ1n) is 9.06. The van der Waals surface area contributed by atoms with E-state index in [1.165, 1.54) is 24.2 Å². The number of hydrogen-bond acceptors (Lipinski definition) is 5. The lowest BCUT2D eigenvalue weighted by Crippen LogP contribution is -2.43. The van der Waals surface area contributed by atoms with Crippen LogP contribution in [-0.2, 0) is 31.3 Å². The van der Waals surface area contributed by atoms with Crippen molar-refractivity contribution in [1.29, 1.82) is 0 Å². The Balaban J connectivity index is 1.70. The molecular weight excluding hydrogens is 374 g/mol. The molecule has 0 aliphatic carbocycles. The summed E-state index contributed by atoms with van der Waals surface area (Å²) in [4.78, 5) is 35.6. The van der Waals surface area contributed by atoms with Crippen LogP contribution < -0.4 is 5.32 Å². The van der Waals surface area contributed by atoms with Crippen LogP contribution in [0, 0.1) is 6.92 Å². The van der Waals surface area contributed by atoms with E-state index < -0.39 is 17.9 Å². The molecule has 2 aromatic carbocycles. The summed E-state index contributed by atoms with van der Waals surface area (Å²) >= 11 is 1.43. The Labute approximate surface area is 169 Å². The van der Waals surface area contributed by atoms with Gasteiger partial charge in [-0.3, -0.25) is 14.4 Å². The lowest BCUT2D eigenvalue weighted by Gasteiger charge is -2.16. The highest BCUT2D eigenvalue weighted by Crippen LogP contribution is 2.13. The summed E-state index contributed by atoms with van der Waals surface area (Å²) in [5, 5.41) is 2.64. The Morgan fingerprint density at radius 3 is 2.32 bits per heavy atom. The van der Waals surface area contributed by atoms with E-state index in [1.54, 1.807) is 0 Å². The molecule has 0 aliphatic rings. The molecule has 0 spiro atoms. The molecule has 0 saturated heterocycles. The van der Waals surface area contributed by atoms with Crippen molar-refractivity contribution in [2.24, 2.45) is 0 Å². The van der Waals surface area contributed by atoms with Gasteiger partial charge in [0.15, 0.2) is 12.4 Å². The molecule has 0 heterocycles. The molecule has 0 unspecified atom stereocenters. The van der Waals surface area contributed by atoms with Gasteiger partial charge in [0.05, 0.1) is 11.8 Å². The molecule has 1 atom stereocenters. The first-order chi connectivity index (χ1) is 13.4. The Hall–Kier alpha value is -2.60. The average molecular weight is 400 g/mol. The zero-order chi connectivity index (χ0) is 20.4. The van der Waals surface area contributed by atoms with Crippen LogP contribution in [0.15, 0.2) is 54.6 Å². The number of rotatable bonds is 10. The summed E-state index contributed by atoms with van der Waals surface area (Å²) in [6.07, 6.45) is 0.405. The highest BCUT2D eigenvalue weighted by atomic mass is 32.2. The van der Waals surface area contributed by atoms with Gasteiger partial charge in [0, 0.05) is 5.75 Å². The van der Waals surface area contributed by atoms with Gasteiger partial charge in [0.1, 0.15) is 0 Å². The molecule has 0 aliphatic heterocycles. The predicted molar refractivity (Wildman–Crippen MR) is 111 cm³/mol. The van der Waals surface area contributed by atoms with Crippen LogP contribution in [0.3, 0.4) is 0 Å². The summed E-state index contributed by atoms with van der Waals surface area (Å²) in [5.74, 6) is -0.202. The van der Waals surface area contributed by atoms with E-state index in [2.05, 4.69) is 5.32 Å². The summed E-state index contributed by atoms with van der Waals surface area (Å²) in [6, 6.07) is 16.9. The van der Waals surface area contributed by atoms with E-state index in [-0.39, 0.29) is 18.1 Å². The molecule has 1 N–H and O–H groups in total. The molecule has 5 nitrogen and oxygen atoms in total. The average Bonchev–Trinajstić information content (AvgIpc) is 2.68. The van der Waals surface area contributed by atoms with Gasteiger partial charge in [-0.15, -0.1) is 11.8 Å². The van der Waals surface area contributed by atoms with Gasteiger partial charge in [-0.1, -0.05) is 60.2 Å². The minimum absolute atomic E-state index is 0.141. The van der Waals surface area contributed by atoms with E-state index in [4.69, 9.17) is 4.74 Å². The summed E-state index contributed by atoms with van der Waals surface area (Å²) in [5.41, 5.74) is 3.27. The molecule has 0 saturated carbocycles. The third kappa shape index (κ3) is 7.96. The van der Waals surface area contributed by atoms with E-state index >= 15 is 0 Å². The van der Waals surface area contributed by atoms with Gasteiger partial charge in [0.25, 0.3) is 5.91 Å². The van der Waals surface area contributed by atoms with Crippen LogP contribution in [0.4, 0.5) is 0 Å². The van der Waals surface area contributed by atoms with E-state index in [1.807, 2.05) is 61.5 Å². The Kier molecular flexibility index (Phi) is 8.75. The predicted octanol–water partition coefficient (Wildman–Crippen LogP) is 3.09. The van der Waals surface area contributed by atoms with Crippen molar-refractivity contribution in [3.63, 3.8) is 0 Å². The summed E-state index contributed by atoms with van der Waals surface area (Å²) in [6.45, 7) is 3.07. The fourth-order valence-corrected chi connectivity index (χ4v) is 3.29. The standard InChI is InChI=1S/C22H25NO4S/c1-16-8-10-19(11-9-16)14-28-15-22(26)27-13-21(25)23-20(17(2)24)12-18-6-4-3-5-7-18/h3-11,20H,12-15H2,1-2H3,(H,23,25)/t20-/m0/s1. The fourth-order valence-electron chi connectivity index (χ4n) is 2.51. The normalized spacial score (nSPS) is 11.5. The van der Waals surface area contributed by atoms with Crippen molar-refractivity contribution in [2.45, 2.75) is 32.1 Å². The number of nitrogens with one attached hydrogen (secondary N) is 1. The van der Waals surface area contributed by atoms with Crippen molar-refractivity contribution in [3.05, 3.63) is 71.3 Å². The second-order valence-corrected chi connectivity index (χ2v) is 7.55. The molecule has 2 aromatic rings. The number of aryl methyl sites for hydroxylation is 1. The number of amides is 1. The highest BCUT2D eigenvalue weighted by Gasteiger charge is 2.18. The van der Waals surface area contributed by atoms with Gasteiger partial charge in [-0.2, -0.15) is 0 Å². The number of carbonyl (C=O) groups excluding carboxylic acids is 3. The molecular formula is C22H25NO4S. The zero-order valence-corrected chi connectivity index (χ0v) is 17.0. The SMILES string of the molecule is CC(=O)[C@H](Cc1ccccc1)NC(=O)COC(=O)CSCc1ccc(C)cc1. The summed E-state index contributed by atoms with van der Waals surface area (Å²) < 4.78 is 5.01. The number of Topliss-reactive ketones (excluding diaryl/α,β-unsaturated/α-hetero) is 1. The van der Waals surface area contributed by atoms with Gasteiger partial charge in [0.2, 0.25) is 0 Å². The lowest BCUT2D eigenvalue weighted by molar-refractivity contribution is -0.146. The number of esters is 1. The number of carbonyl (C=O) groups is 3. The molecule has 1 amide bonds. The maximum atomic E-state index is 12.0. The lowest BCUT2D eigenvalue weighted by atomic mass is 10.0. The van der Waals surface area contributed by atoms with Crippen LogP contribution >= 0.6 is 11.8 Å². The second kappa shape index (κ2) is 11.3. The maximum absolute atomic E-state index is 12.0. The number of thioether (sulfide) groups is 1. The van der Waals surface area contributed by atoms with Gasteiger partial charge >= 0.3 is 5.97 Å². The fraction of sp³-hybridized carbons (Fsp3) is 0.318. The Morgan fingerprint density at radius 1 is 1.00 bits per heavy atom. The van der Waals surface area contributed by atoms with Gasteiger partial charge in [-0.25, -0.2) is 0 Å². The van der Waals surface area contributed by atoms with Crippen LogP contribution in [0.1, 0.15) is 23.6 Å². The number of hydrogen-bond donors (Lipinski definition) is 1. The minimum Gasteiger partial charge on any atom is -0.455 e. The number of ether oxygens (including phenoxy) is 1. The molecule has 148 valence electrons. The number of benzene rings is 2. The molecule has 6 heteroatoms. The first kappa shape index (κ1) is 21.7. The van der Waals surface area contributed by atoms with E-state index in [9.17, 15) is 14.4 Å². The quantitative estimate of drug-likeness (QED) is 0.622. The van der Waals surface area contributed by atoms with E-state index in [0.29, 0.717) is 12.2 Å². The molecule has 0 aromatic heterocycles. The topological polar surface area (TPSA) is 72.5 Å². The van der Waals surface area contributed by atoms with Crippen molar-refractivity contribution in [2.75, 3.05) is 12.4 Å². The smallest absolute Gasteiger partial charge is 0.316 e. The molecule has 0 fully saturated rings. The van der Waals surface area contributed by atoms with Crippen molar-refractivity contribution in [1.82, 2.24) is 5.32 Å². The Bertz CT molecular complexity index is 790. The van der Waals surface area contributed by atoms with Crippen LogP contribution in [0.5, 0.6) is 0 Å². The van der Waals surface area contributed by atoms with Crippen LogP contribution in [0.25, 0.3) is 0 Å². The largest absolute Gasteiger partial charge is 0.455 e. The second-order valence-electron chi connectivity index (χ2n) is 6.56. The molecule has 0 bridgehead atoms. The van der Waals surface area contributed by atoms with Gasteiger partial charge in [-0.05, 0) is 31.4 Å². The molecule has 2 rings (SSSR count). The van der Waals surface area contributed by atoms with E-state index in [0.717, 1.165) is 11.1 Å².